The molecule has 1 N–H and O–H groups in total. The lowest BCUT2D eigenvalue weighted by Crippen LogP contribution is -2.40. The molecule has 0 radical (unpaired) electrons. The molecule has 156 valence electrons. The molecule has 1 fully saturated rings. The van der Waals surface area contributed by atoms with Gasteiger partial charge in [0.25, 0.3) is 5.91 Å². The Labute approximate surface area is 175 Å². The topological polar surface area (TPSA) is 84.9 Å². The maximum absolute atomic E-state index is 12.8. The lowest BCUT2D eigenvalue weighted by atomic mass is 10.2. The number of morpholine rings is 1. The van der Waals surface area contributed by atoms with Crippen molar-refractivity contribution in [2.24, 2.45) is 0 Å². The third-order valence-electron chi connectivity index (χ3n) is 4.52. The molecule has 1 aliphatic rings. The van der Waals surface area contributed by atoms with Gasteiger partial charge in [-0.2, -0.15) is 4.31 Å². The first-order valence-electron chi connectivity index (χ1n) is 9.19. The molecule has 1 atom stereocenters. The second kappa shape index (κ2) is 9.13. The van der Waals surface area contributed by atoms with Crippen LogP contribution in [0.25, 0.3) is 0 Å². The summed E-state index contributed by atoms with van der Waals surface area (Å²) in [6.45, 7) is 4.82. The molecule has 0 aromatic heterocycles. The number of hydrogen-bond donors (Lipinski definition) is 1. The average molecular weight is 439 g/mol. The van der Waals surface area contributed by atoms with Gasteiger partial charge in [-0.15, -0.1) is 0 Å². The van der Waals surface area contributed by atoms with Gasteiger partial charge >= 0.3 is 0 Å². The minimum absolute atomic E-state index is 0.124. The van der Waals surface area contributed by atoms with Crippen molar-refractivity contribution in [3.05, 3.63) is 53.1 Å². The van der Waals surface area contributed by atoms with Crippen LogP contribution in [0, 0.1) is 6.92 Å². The third-order valence-corrected chi connectivity index (χ3v) is 6.65. The number of amides is 1. The molecule has 1 aliphatic heterocycles. The van der Waals surface area contributed by atoms with Crippen LogP contribution in [0.2, 0.25) is 5.02 Å². The van der Waals surface area contributed by atoms with Gasteiger partial charge in [0.2, 0.25) is 10.0 Å². The van der Waals surface area contributed by atoms with Gasteiger partial charge in [-0.05, 0) is 55.8 Å². The molecule has 0 aliphatic carbocycles. The maximum Gasteiger partial charge on any atom is 0.265 e. The number of carbonyl (C=O) groups excluding carboxylic acids is 1. The molecule has 0 saturated carbocycles. The molecule has 1 amide bonds. The van der Waals surface area contributed by atoms with Crippen LogP contribution in [0.3, 0.4) is 0 Å². The van der Waals surface area contributed by atoms with Crippen molar-refractivity contribution in [3.8, 4) is 5.75 Å². The summed E-state index contributed by atoms with van der Waals surface area (Å²) in [7, 11) is -3.64. The Hall–Kier alpha value is -2.13. The van der Waals surface area contributed by atoms with Gasteiger partial charge in [-0.3, -0.25) is 4.79 Å². The highest BCUT2D eigenvalue weighted by Crippen LogP contribution is 2.24. The molecular formula is C20H23ClN2O5S. The van der Waals surface area contributed by atoms with E-state index >= 15 is 0 Å². The van der Waals surface area contributed by atoms with Crippen LogP contribution in [-0.2, 0) is 19.6 Å². The molecule has 2 aromatic carbocycles. The van der Waals surface area contributed by atoms with Gasteiger partial charge in [0.05, 0.1) is 18.1 Å². The number of aryl methyl sites for hydroxylation is 1. The smallest absolute Gasteiger partial charge is 0.265 e. The van der Waals surface area contributed by atoms with Crippen molar-refractivity contribution < 1.29 is 22.7 Å². The molecule has 0 unspecified atom stereocenters. The first kappa shape index (κ1) is 21.6. The van der Waals surface area contributed by atoms with Gasteiger partial charge in [-0.25, -0.2) is 8.42 Å². The Balaban J connectivity index is 1.69. The summed E-state index contributed by atoms with van der Waals surface area (Å²) in [6, 6.07) is 11.3. The number of rotatable bonds is 6. The van der Waals surface area contributed by atoms with E-state index < -0.39 is 16.1 Å². The molecule has 7 nitrogen and oxygen atoms in total. The maximum atomic E-state index is 12.8. The summed E-state index contributed by atoms with van der Waals surface area (Å²) in [4.78, 5) is 12.6. The summed E-state index contributed by atoms with van der Waals surface area (Å²) < 4.78 is 37.9. The fraction of sp³-hybridized carbons (Fsp3) is 0.350. The van der Waals surface area contributed by atoms with Gasteiger partial charge in [0.15, 0.2) is 6.10 Å². The van der Waals surface area contributed by atoms with E-state index in [1.165, 1.54) is 16.4 Å². The van der Waals surface area contributed by atoms with Gasteiger partial charge in [0.1, 0.15) is 5.75 Å². The number of halogens is 1. The highest BCUT2D eigenvalue weighted by Gasteiger charge is 2.26. The second-order valence-electron chi connectivity index (χ2n) is 6.70. The molecule has 29 heavy (non-hydrogen) atoms. The van der Waals surface area contributed by atoms with Gasteiger partial charge in [0, 0.05) is 23.8 Å². The van der Waals surface area contributed by atoms with Crippen molar-refractivity contribution >= 4 is 33.2 Å². The Morgan fingerprint density at radius 1 is 1.21 bits per heavy atom. The quantitative estimate of drug-likeness (QED) is 0.749. The minimum atomic E-state index is -3.64. The van der Waals surface area contributed by atoms with Crippen LogP contribution in [0.1, 0.15) is 12.5 Å². The SMILES string of the molecule is Cc1cc(Cl)ccc1O[C@H](C)C(=O)Nc1cccc(S(=O)(=O)N2CCOCC2)c1. The highest BCUT2D eigenvalue weighted by molar-refractivity contribution is 7.89. The van der Waals surface area contributed by atoms with Crippen LogP contribution in [0.15, 0.2) is 47.4 Å². The van der Waals surface area contributed by atoms with Crippen LogP contribution in [0.5, 0.6) is 5.75 Å². The van der Waals surface area contributed by atoms with E-state index in [4.69, 9.17) is 21.1 Å². The first-order chi connectivity index (χ1) is 13.8. The Morgan fingerprint density at radius 3 is 2.62 bits per heavy atom. The molecule has 0 bridgehead atoms. The monoisotopic (exact) mass is 438 g/mol. The molecule has 3 rings (SSSR count). The first-order valence-corrected chi connectivity index (χ1v) is 11.0. The molecule has 2 aromatic rings. The normalized spacial score (nSPS) is 16.2. The minimum Gasteiger partial charge on any atom is -0.481 e. The fourth-order valence-corrected chi connectivity index (χ4v) is 4.58. The molecular weight excluding hydrogens is 416 g/mol. The van der Waals surface area contributed by atoms with E-state index in [0.717, 1.165) is 5.56 Å². The third kappa shape index (κ3) is 5.27. The fourth-order valence-electron chi connectivity index (χ4n) is 2.90. The Kier molecular flexibility index (Phi) is 6.79. The summed E-state index contributed by atoms with van der Waals surface area (Å²) >= 11 is 5.94. The van der Waals surface area contributed by atoms with Crippen LogP contribution in [0.4, 0.5) is 5.69 Å². The molecule has 1 heterocycles. The van der Waals surface area contributed by atoms with E-state index in [0.29, 0.717) is 42.8 Å². The lowest BCUT2D eigenvalue weighted by Gasteiger charge is -2.26. The lowest BCUT2D eigenvalue weighted by molar-refractivity contribution is -0.122. The Morgan fingerprint density at radius 2 is 1.93 bits per heavy atom. The zero-order valence-electron chi connectivity index (χ0n) is 16.2. The second-order valence-corrected chi connectivity index (χ2v) is 9.08. The van der Waals surface area contributed by atoms with Gasteiger partial charge < -0.3 is 14.8 Å². The summed E-state index contributed by atoms with van der Waals surface area (Å²) in [5.41, 5.74) is 1.20. The number of carbonyl (C=O) groups is 1. The highest BCUT2D eigenvalue weighted by atomic mass is 35.5. The number of sulfonamides is 1. The summed E-state index contributed by atoms with van der Waals surface area (Å²) in [5, 5.41) is 3.30. The Bertz CT molecular complexity index is 990. The average Bonchev–Trinajstić information content (AvgIpc) is 2.71. The van der Waals surface area contributed by atoms with E-state index in [1.54, 1.807) is 37.3 Å². The van der Waals surface area contributed by atoms with Crippen molar-refractivity contribution in [1.82, 2.24) is 4.31 Å². The summed E-state index contributed by atoms with van der Waals surface area (Å²) in [6.07, 6.45) is -0.783. The van der Waals surface area contributed by atoms with Crippen LogP contribution in [-0.4, -0.2) is 51.0 Å². The van der Waals surface area contributed by atoms with Crippen molar-refractivity contribution in [1.29, 1.82) is 0 Å². The molecule has 9 heteroatoms. The van der Waals surface area contributed by atoms with E-state index in [2.05, 4.69) is 5.32 Å². The zero-order chi connectivity index (χ0) is 21.0. The number of ether oxygens (including phenoxy) is 2. The van der Waals surface area contributed by atoms with Crippen molar-refractivity contribution in [2.45, 2.75) is 24.8 Å². The van der Waals surface area contributed by atoms with Crippen LogP contribution >= 0.6 is 11.6 Å². The molecule has 1 saturated heterocycles. The number of benzene rings is 2. The van der Waals surface area contributed by atoms with Gasteiger partial charge in [-0.1, -0.05) is 17.7 Å². The largest absolute Gasteiger partial charge is 0.481 e. The number of nitrogens with zero attached hydrogens (tertiary/aromatic N) is 1. The van der Waals surface area contributed by atoms with E-state index in [9.17, 15) is 13.2 Å². The van der Waals surface area contributed by atoms with E-state index in [1.807, 2.05) is 6.92 Å². The number of hydrogen-bond acceptors (Lipinski definition) is 5. The predicted molar refractivity (Wildman–Crippen MR) is 111 cm³/mol. The van der Waals surface area contributed by atoms with Crippen LogP contribution < -0.4 is 10.1 Å². The summed E-state index contributed by atoms with van der Waals surface area (Å²) in [5.74, 6) is 0.168. The van der Waals surface area contributed by atoms with E-state index in [-0.39, 0.29) is 10.8 Å². The zero-order valence-corrected chi connectivity index (χ0v) is 17.8. The molecule has 0 spiro atoms. The van der Waals surface area contributed by atoms with Crippen molar-refractivity contribution in [3.63, 3.8) is 0 Å². The number of anilines is 1. The predicted octanol–water partition coefficient (Wildman–Crippen LogP) is 3.08. The van der Waals surface area contributed by atoms with Crippen molar-refractivity contribution in [2.75, 3.05) is 31.6 Å². The number of nitrogens with one attached hydrogen (secondary N) is 1. The standard InChI is InChI=1S/C20H23ClN2O5S/c1-14-12-16(21)6-7-19(14)28-15(2)20(24)22-17-4-3-5-18(13-17)29(25,26)23-8-10-27-11-9-23/h3-7,12-13,15H,8-11H2,1-2H3,(H,22,24)/t15-/m1/s1.